The molecule has 0 radical (unpaired) electrons. The van der Waals surface area contributed by atoms with Crippen LogP contribution in [0.5, 0.6) is 5.75 Å². The van der Waals surface area contributed by atoms with Gasteiger partial charge in [-0.05, 0) is 88.0 Å². The fourth-order valence-electron chi connectivity index (χ4n) is 4.89. The molecule has 0 saturated carbocycles. The Morgan fingerprint density at radius 1 is 1.11 bits per heavy atom. The van der Waals surface area contributed by atoms with Crippen LogP contribution in [0.2, 0.25) is 0 Å². The number of fused-ring (bicyclic) bond motifs is 3. The van der Waals surface area contributed by atoms with Gasteiger partial charge in [0, 0.05) is 5.56 Å². The van der Waals surface area contributed by atoms with Crippen molar-refractivity contribution in [3.63, 3.8) is 0 Å². The third-order valence-corrected chi connectivity index (χ3v) is 8.36. The van der Waals surface area contributed by atoms with Crippen LogP contribution in [0.1, 0.15) is 34.7 Å². The van der Waals surface area contributed by atoms with E-state index >= 15 is 0 Å². The predicted molar refractivity (Wildman–Crippen MR) is 145 cm³/mol. The zero-order chi connectivity index (χ0) is 24.1. The Balaban J connectivity index is 1.59. The summed E-state index contributed by atoms with van der Waals surface area (Å²) in [5.41, 5.74) is 6.15. The molecule has 35 heavy (non-hydrogen) atoms. The Hall–Kier alpha value is -3.04. The number of hydrogen-bond acceptors (Lipinski definition) is 4. The summed E-state index contributed by atoms with van der Waals surface area (Å²) in [5.74, 6) is 0.505. The molecule has 3 aromatic carbocycles. The topological polar surface area (TPSA) is 43.6 Å². The number of thiazole rings is 1. The molecular weight excluding hydrogens is 574 g/mol. The fraction of sp³-hybridized carbons (Fsp3) is 0.143. The molecule has 0 N–H and O–H groups in total. The molecule has 2 heterocycles. The van der Waals surface area contributed by atoms with Gasteiger partial charge in [-0.25, -0.2) is 9.38 Å². The normalized spacial score (nSPS) is 16.9. The lowest BCUT2D eigenvalue weighted by molar-refractivity contribution is 0.412. The van der Waals surface area contributed by atoms with E-state index in [0.717, 1.165) is 50.1 Å². The molecule has 0 spiro atoms. The molecule has 1 aliphatic carbocycles. The van der Waals surface area contributed by atoms with E-state index < -0.39 is 0 Å². The van der Waals surface area contributed by atoms with Crippen molar-refractivity contribution in [3.8, 4) is 5.75 Å². The van der Waals surface area contributed by atoms with Crippen molar-refractivity contribution in [1.29, 1.82) is 0 Å². The number of methoxy groups -OCH3 is 1. The van der Waals surface area contributed by atoms with Gasteiger partial charge in [0.2, 0.25) is 0 Å². The molecule has 0 unspecified atom stereocenters. The van der Waals surface area contributed by atoms with E-state index in [9.17, 15) is 9.18 Å². The maximum Gasteiger partial charge on any atom is 0.271 e. The number of halogens is 2. The molecule has 1 atom stereocenters. The summed E-state index contributed by atoms with van der Waals surface area (Å²) in [4.78, 5) is 19.4. The minimum Gasteiger partial charge on any atom is -0.496 e. The van der Waals surface area contributed by atoms with Crippen LogP contribution in [0.3, 0.4) is 0 Å². The Morgan fingerprint density at radius 2 is 1.91 bits per heavy atom. The first-order valence-corrected chi connectivity index (χ1v) is 13.1. The first kappa shape index (κ1) is 22.4. The van der Waals surface area contributed by atoms with E-state index in [2.05, 4.69) is 40.8 Å². The summed E-state index contributed by atoms with van der Waals surface area (Å²) in [5, 5.41) is 0. The van der Waals surface area contributed by atoms with Crippen molar-refractivity contribution in [3.05, 3.63) is 124 Å². The van der Waals surface area contributed by atoms with Crippen LogP contribution in [-0.2, 0) is 6.42 Å². The average Bonchev–Trinajstić information content (AvgIpc) is 3.18. The highest BCUT2D eigenvalue weighted by atomic mass is 127. The second-order valence-corrected chi connectivity index (χ2v) is 10.7. The van der Waals surface area contributed by atoms with Crippen LogP contribution in [0, 0.1) is 9.39 Å². The first-order valence-electron chi connectivity index (χ1n) is 11.3. The molecule has 4 nitrogen and oxygen atoms in total. The number of allylic oxidation sites excluding steroid dienone is 1. The minimum absolute atomic E-state index is 0.0840. The van der Waals surface area contributed by atoms with E-state index in [4.69, 9.17) is 9.73 Å². The van der Waals surface area contributed by atoms with Crippen LogP contribution < -0.4 is 19.6 Å². The van der Waals surface area contributed by atoms with Gasteiger partial charge in [0.25, 0.3) is 5.56 Å². The zero-order valence-electron chi connectivity index (χ0n) is 18.8. The van der Waals surface area contributed by atoms with Crippen LogP contribution in [0.4, 0.5) is 4.39 Å². The second-order valence-electron chi connectivity index (χ2n) is 8.56. The minimum atomic E-state index is -0.312. The lowest BCUT2D eigenvalue weighted by Crippen LogP contribution is -2.38. The summed E-state index contributed by atoms with van der Waals surface area (Å²) >= 11 is 3.62. The largest absolute Gasteiger partial charge is 0.496 e. The highest BCUT2D eigenvalue weighted by Gasteiger charge is 2.32. The highest BCUT2D eigenvalue weighted by Crippen LogP contribution is 2.41. The van der Waals surface area contributed by atoms with E-state index in [1.165, 1.54) is 29.0 Å². The summed E-state index contributed by atoms with van der Waals surface area (Å²) in [6.45, 7) is 0. The highest BCUT2D eigenvalue weighted by molar-refractivity contribution is 14.1. The van der Waals surface area contributed by atoms with Crippen LogP contribution >= 0.6 is 33.9 Å². The van der Waals surface area contributed by atoms with Gasteiger partial charge in [-0.15, -0.1) is 0 Å². The number of aryl methyl sites for hydroxylation is 1. The molecule has 2 aliphatic rings. The van der Waals surface area contributed by atoms with Crippen LogP contribution in [0.15, 0.2) is 82.1 Å². The maximum absolute atomic E-state index is 13.8. The van der Waals surface area contributed by atoms with Crippen molar-refractivity contribution in [2.45, 2.75) is 18.9 Å². The number of benzene rings is 3. The van der Waals surface area contributed by atoms with Gasteiger partial charge in [0.15, 0.2) is 4.80 Å². The third kappa shape index (κ3) is 3.87. The lowest BCUT2D eigenvalue weighted by Gasteiger charge is -2.30. The third-order valence-electron chi connectivity index (χ3n) is 6.53. The number of hydrogen-bond donors (Lipinski definition) is 0. The van der Waals surface area contributed by atoms with Gasteiger partial charge in [0.05, 0.1) is 27.0 Å². The van der Waals surface area contributed by atoms with Crippen molar-refractivity contribution >= 4 is 45.7 Å². The number of aromatic nitrogens is 1. The number of nitrogens with zero attached hydrogens (tertiary/aromatic N) is 2. The van der Waals surface area contributed by atoms with Crippen LogP contribution in [0.25, 0.3) is 11.8 Å². The quantitative estimate of drug-likeness (QED) is 0.311. The molecule has 6 rings (SSSR count). The zero-order valence-corrected chi connectivity index (χ0v) is 21.8. The van der Waals surface area contributed by atoms with E-state index in [1.54, 1.807) is 23.8 Å². The van der Waals surface area contributed by atoms with Gasteiger partial charge >= 0.3 is 0 Å². The number of rotatable bonds is 3. The van der Waals surface area contributed by atoms with Gasteiger partial charge in [-0.1, -0.05) is 53.8 Å². The first-order chi connectivity index (χ1) is 17.0. The Labute approximate surface area is 218 Å². The Morgan fingerprint density at radius 3 is 2.69 bits per heavy atom. The van der Waals surface area contributed by atoms with Gasteiger partial charge in [0.1, 0.15) is 11.6 Å². The molecule has 0 bridgehead atoms. The van der Waals surface area contributed by atoms with E-state index in [-0.39, 0.29) is 17.4 Å². The molecule has 174 valence electrons. The summed E-state index contributed by atoms with van der Waals surface area (Å²) < 4.78 is 22.5. The molecule has 1 aliphatic heterocycles. The van der Waals surface area contributed by atoms with Crippen molar-refractivity contribution in [2.75, 3.05) is 7.11 Å². The SMILES string of the molecule is COc1ccc(/C=c2\sc3n(c2=O)[C@@H](c2ccc(F)cc2)C2=C(N=3)c3ccccc3CC2)cc1I. The summed E-state index contributed by atoms with van der Waals surface area (Å²) in [6, 6.07) is 20.3. The predicted octanol–water partition coefficient (Wildman–Crippen LogP) is 5.07. The molecular formula is C28H20FIN2O2S. The molecule has 1 aromatic heterocycles. The molecule has 0 saturated heterocycles. The molecule has 4 aromatic rings. The van der Waals surface area contributed by atoms with Crippen LogP contribution in [-0.4, -0.2) is 11.7 Å². The van der Waals surface area contributed by atoms with Crippen molar-refractivity contribution in [1.82, 2.24) is 4.57 Å². The van der Waals surface area contributed by atoms with Crippen molar-refractivity contribution < 1.29 is 9.13 Å². The van der Waals surface area contributed by atoms with E-state index in [1.807, 2.05) is 30.3 Å². The standard InChI is InChI=1S/C28H20FIN2O2S/c1-34-23-13-6-16(14-22(23)30)15-24-27(33)32-26(18-7-10-19(29)11-8-18)21-12-9-17-4-2-3-5-20(17)25(21)31-28(32)35-24/h2-8,10-11,13-15,26H,9,12H2,1H3/b24-15-/t26-/m0/s1. The number of ether oxygens (including phenoxy) is 1. The molecule has 7 heteroatoms. The monoisotopic (exact) mass is 594 g/mol. The summed E-state index contributed by atoms with van der Waals surface area (Å²) in [7, 11) is 1.64. The lowest BCUT2D eigenvalue weighted by atomic mass is 9.83. The Bertz CT molecular complexity index is 1690. The molecule has 0 fully saturated rings. The average molecular weight is 594 g/mol. The van der Waals surface area contributed by atoms with Gasteiger partial charge in [-0.3, -0.25) is 9.36 Å². The maximum atomic E-state index is 13.8. The molecule has 0 amide bonds. The smallest absolute Gasteiger partial charge is 0.271 e. The second kappa shape index (κ2) is 8.87. The van der Waals surface area contributed by atoms with Gasteiger partial charge in [-0.2, -0.15) is 0 Å². The van der Waals surface area contributed by atoms with Gasteiger partial charge < -0.3 is 4.74 Å². The van der Waals surface area contributed by atoms with E-state index in [0.29, 0.717) is 9.33 Å². The Kier molecular flexibility index (Phi) is 5.69. The summed E-state index contributed by atoms with van der Waals surface area (Å²) in [6.07, 6.45) is 3.60. The van der Waals surface area contributed by atoms with Crippen molar-refractivity contribution in [2.24, 2.45) is 4.99 Å². The fourth-order valence-corrected chi connectivity index (χ4v) is 6.65.